The molecule has 1 aromatic heterocycles. The Morgan fingerprint density at radius 2 is 1.97 bits per heavy atom. The molecule has 0 aliphatic carbocycles. The Balaban J connectivity index is 1.84. The van der Waals surface area contributed by atoms with Crippen LogP contribution in [0.3, 0.4) is 0 Å². The SMILES string of the molecule is C[C@@]1(c2ccc(F)cc2)N=C(c2nccs2)NC(CN2CC(F)(F)C[C@H]2C(=O)O)=C1C(=O)O. The van der Waals surface area contributed by atoms with Crippen molar-refractivity contribution in [3.8, 4) is 0 Å². The predicted octanol–water partition coefficient (Wildman–Crippen LogP) is 2.68. The second-order valence-electron chi connectivity index (χ2n) is 7.98. The molecule has 0 unspecified atom stereocenters. The van der Waals surface area contributed by atoms with Crippen molar-refractivity contribution in [3.63, 3.8) is 0 Å². The van der Waals surface area contributed by atoms with Gasteiger partial charge in [0, 0.05) is 30.2 Å². The van der Waals surface area contributed by atoms with Crippen LogP contribution in [0.15, 0.2) is 52.1 Å². The van der Waals surface area contributed by atoms with Crippen molar-refractivity contribution >= 4 is 29.1 Å². The minimum atomic E-state index is -3.23. The summed E-state index contributed by atoms with van der Waals surface area (Å²) in [6.07, 6.45) is 0.650. The molecule has 3 N–H and O–H groups in total. The van der Waals surface area contributed by atoms with E-state index in [1.54, 1.807) is 5.38 Å². The zero-order valence-electron chi connectivity index (χ0n) is 17.3. The molecule has 0 amide bonds. The highest BCUT2D eigenvalue weighted by Gasteiger charge is 2.50. The van der Waals surface area contributed by atoms with E-state index in [-0.39, 0.29) is 17.1 Å². The Hall–Kier alpha value is -3.25. The molecule has 0 spiro atoms. The number of alkyl halides is 2. The van der Waals surface area contributed by atoms with Gasteiger partial charge in [-0.05, 0) is 24.6 Å². The number of nitrogens with zero attached hydrogens (tertiary/aromatic N) is 3. The first-order valence-electron chi connectivity index (χ1n) is 9.84. The van der Waals surface area contributed by atoms with E-state index in [0.29, 0.717) is 10.6 Å². The molecule has 8 nitrogen and oxygen atoms in total. The minimum absolute atomic E-state index is 0.0125. The molecule has 0 bridgehead atoms. The van der Waals surface area contributed by atoms with Crippen LogP contribution in [0.25, 0.3) is 0 Å². The number of carboxylic acids is 2. The second kappa shape index (κ2) is 8.27. The summed E-state index contributed by atoms with van der Waals surface area (Å²) in [5, 5.41) is 24.5. The third-order valence-electron chi connectivity index (χ3n) is 5.66. The van der Waals surface area contributed by atoms with E-state index >= 15 is 0 Å². The number of aliphatic carboxylic acids is 2. The van der Waals surface area contributed by atoms with Gasteiger partial charge in [-0.1, -0.05) is 12.1 Å². The summed E-state index contributed by atoms with van der Waals surface area (Å²) in [5.41, 5.74) is -1.41. The molecule has 0 radical (unpaired) electrons. The van der Waals surface area contributed by atoms with Crippen molar-refractivity contribution in [2.24, 2.45) is 4.99 Å². The molecule has 1 saturated heterocycles. The number of carbonyl (C=O) groups is 2. The topological polar surface area (TPSA) is 115 Å². The molecule has 2 aliphatic rings. The number of hydrogen-bond donors (Lipinski definition) is 3. The normalized spacial score (nSPS) is 25.0. The van der Waals surface area contributed by atoms with Gasteiger partial charge < -0.3 is 15.5 Å². The summed E-state index contributed by atoms with van der Waals surface area (Å²) in [6, 6.07) is 3.65. The van der Waals surface area contributed by atoms with Crippen LogP contribution >= 0.6 is 11.3 Å². The summed E-state index contributed by atoms with van der Waals surface area (Å²) < 4.78 is 41.6. The number of halogens is 3. The molecule has 1 fully saturated rings. The Morgan fingerprint density at radius 3 is 2.55 bits per heavy atom. The zero-order valence-corrected chi connectivity index (χ0v) is 18.1. The van der Waals surface area contributed by atoms with Crippen molar-refractivity contribution in [2.75, 3.05) is 13.1 Å². The van der Waals surface area contributed by atoms with E-state index in [1.807, 2.05) is 0 Å². The third kappa shape index (κ3) is 4.35. The highest BCUT2D eigenvalue weighted by molar-refractivity contribution is 7.11. The van der Waals surface area contributed by atoms with Gasteiger partial charge in [0.1, 0.15) is 17.4 Å². The largest absolute Gasteiger partial charge is 0.480 e. The summed E-state index contributed by atoms with van der Waals surface area (Å²) in [4.78, 5) is 33.8. The van der Waals surface area contributed by atoms with Gasteiger partial charge in [-0.2, -0.15) is 0 Å². The minimum Gasteiger partial charge on any atom is -0.480 e. The molecule has 1 aromatic carbocycles. The standard InChI is InChI=1S/C21H19F3N4O4S/c1-20(11-2-4-12(22)5-3-11)15(19(31)32)13(26-16(27-20)17-25-6-7-33-17)9-28-10-21(23,24)8-14(28)18(29)30/h2-7,14H,8-10H2,1H3,(H,26,27)(H,29,30)(H,31,32)/t14-,20-/m0/s1. The molecule has 4 rings (SSSR count). The van der Waals surface area contributed by atoms with Crippen LogP contribution in [-0.2, 0) is 15.1 Å². The van der Waals surface area contributed by atoms with Crippen molar-refractivity contribution in [2.45, 2.75) is 30.8 Å². The number of thiazole rings is 1. The number of aromatic nitrogens is 1. The molecule has 12 heteroatoms. The Kier molecular flexibility index (Phi) is 5.74. The lowest BCUT2D eigenvalue weighted by atomic mass is 9.82. The molecule has 2 atom stereocenters. The number of carboxylic acid groups (broad SMARTS) is 2. The van der Waals surface area contributed by atoms with Gasteiger partial charge in [0.2, 0.25) is 0 Å². The first-order chi connectivity index (χ1) is 15.5. The van der Waals surface area contributed by atoms with Crippen molar-refractivity contribution in [3.05, 3.63) is 63.5 Å². The van der Waals surface area contributed by atoms with E-state index in [4.69, 9.17) is 0 Å². The average molecular weight is 480 g/mol. The molecule has 2 aliphatic heterocycles. The molecular formula is C21H19F3N4O4S. The highest BCUT2D eigenvalue weighted by Crippen LogP contribution is 2.40. The maximum Gasteiger partial charge on any atom is 0.336 e. The monoisotopic (exact) mass is 480 g/mol. The quantitative estimate of drug-likeness (QED) is 0.582. The molecule has 174 valence electrons. The van der Waals surface area contributed by atoms with Gasteiger partial charge in [0.05, 0.1) is 12.1 Å². The molecule has 0 saturated carbocycles. The Morgan fingerprint density at radius 1 is 1.27 bits per heavy atom. The first-order valence-corrected chi connectivity index (χ1v) is 10.7. The fraction of sp³-hybridized carbons (Fsp3) is 0.333. The summed E-state index contributed by atoms with van der Waals surface area (Å²) in [5.74, 6) is -6.34. The number of benzene rings is 1. The molecular weight excluding hydrogens is 461 g/mol. The Labute approximate surface area is 190 Å². The number of amidine groups is 1. The van der Waals surface area contributed by atoms with Gasteiger partial charge >= 0.3 is 11.9 Å². The maximum atomic E-state index is 14.0. The van der Waals surface area contributed by atoms with Gasteiger partial charge in [-0.25, -0.2) is 27.9 Å². The predicted molar refractivity (Wildman–Crippen MR) is 113 cm³/mol. The number of rotatable bonds is 6. The lowest BCUT2D eigenvalue weighted by Gasteiger charge is -2.35. The second-order valence-corrected chi connectivity index (χ2v) is 8.87. The lowest BCUT2D eigenvalue weighted by Crippen LogP contribution is -2.46. The van der Waals surface area contributed by atoms with Crippen LogP contribution < -0.4 is 5.32 Å². The Bertz CT molecular complexity index is 1150. The first kappa shape index (κ1) is 22.9. The molecule has 33 heavy (non-hydrogen) atoms. The van der Waals surface area contributed by atoms with Gasteiger partial charge in [-0.15, -0.1) is 11.3 Å². The van der Waals surface area contributed by atoms with E-state index in [0.717, 1.165) is 4.90 Å². The van der Waals surface area contributed by atoms with Crippen molar-refractivity contribution in [1.82, 2.24) is 15.2 Å². The summed E-state index contributed by atoms with van der Waals surface area (Å²) in [7, 11) is 0. The van der Waals surface area contributed by atoms with Crippen LogP contribution in [0.1, 0.15) is 23.9 Å². The average Bonchev–Trinajstić information content (AvgIpc) is 3.35. The van der Waals surface area contributed by atoms with E-state index in [1.165, 1.54) is 48.7 Å². The van der Waals surface area contributed by atoms with Crippen LogP contribution in [0.2, 0.25) is 0 Å². The third-order valence-corrected chi connectivity index (χ3v) is 6.44. The number of nitrogens with one attached hydrogen (secondary N) is 1. The number of hydrogen-bond acceptors (Lipinski definition) is 7. The van der Waals surface area contributed by atoms with Crippen LogP contribution in [0, 0.1) is 5.82 Å². The van der Waals surface area contributed by atoms with Crippen molar-refractivity contribution in [1.29, 1.82) is 0 Å². The van der Waals surface area contributed by atoms with Crippen LogP contribution in [0.5, 0.6) is 0 Å². The van der Waals surface area contributed by atoms with E-state index < -0.39 is 54.8 Å². The fourth-order valence-corrected chi connectivity index (χ4v) is 4.76. The van der Waals surface area contributed by atoms with E-state index in [2.05, 4.69) is 15.3 Å². The fourth-order valence-electron chi connectivity index (χ4n) is 4.18. The maximum absolute atomic E-state index is 14.0. The molecule has 2 aromatic rings. The van der Waals surface area contributed by atoms with E-state index in [9.17, 15) is 33.0 Å². The van der Waals surface area contributed by atoms with Gasteiger partial charge in [0.25, 0.3) is 5.92 Å². The smallest absolute Gasteiger partial charge is 0.336 e. The zero-order chi connectivity index (χ0) is 24.0. The van der Waals surface area contributed by atoms with Crippen molar-refractivity contribution < 1.29 is 33.0 Å². The lowest BCUT2D eigenvalue weighted by molar-refractivity contribution is -0.142. The summed E-state index contributed by atoms with van der Waals surface area (Å²) in [6.45, 7) is 0.291. The van der Waals surface area contributed by atoms with Crippen LogP contribution in [0.4, 0.5) is 13.2 Å². The van der Waals surface area contributed by atoms with Gasteiger partial charge in [0.15, 0.2) is 10.8 Å². The van der Waals surface area contributed by atoms with Gasteiger partial charge in [-0.3, -0.25) is 9.69 Å². The molecule has 3 heterocycles. The number of aliphatic imine (C=N–C) groups is 1. The highest BCUT2D eigenvalue weighted by atomic mass is 32.1. The van der Waals surface area contributed by atoms with Crippen LogP contribution in [-0.4, -0.2) is 62.9 Å². The number of likely N-dealkylation sites (tertiary alicyclic amines) is 1. The summed E-state index contributed by atoms with van der Waals surface area (Å²) >= 11 is 1.23.